The monoisotopic (exact) mass is 427 g/mol. The van der Waals surface area contributed by atoms with Crippen molar-refractivity contribution in [2.45, 2.75) is 38.1 Å². The van der Waals surface area contributed by atoms with Crippen molar-refractivity contribution >= 4 is 36.4 Å². The zero-order valence-electron chi connectivity index (χ0n) is 16.0. The molecule has 0 bridgehead atoms. The molecule has 2 atom stereocenters. The first kappa shape index (κ1) is 24.0. The van der Waals surface area contributed by atoms with Gasteiger partial charge in [0, 0.05) is 11.6 Å². The van der Waals surface area contributed by atoms with Crippen LogP contribution in [-0.2, 0) is 4.79 Å². The largest absolute Gasteiger partial charge is 0.497 e. The third-order valence-corrected chi connectivity index (χ3v) is 4.86. The number of carbonyl (C=O) groups excluding carboxylic acids is 1. The second-order valence-corrected chi connectivity index (χ2v) is 6.96. The Kier molecular flexibility index (Phi) is 9.01. The predicted molar refractivity (Wildman–Crippen MR) is 115 cm³/mol. The van der Waals surface area contributed by atoms with Gasteiger partial charge in [-0.1, -0.05) is 12.8 Å². The lowest BCUT2D eigenvalue weighted by molar-refractivity contribution is -0.122. The molecule has 1 aromatic heterocycles. The number of nitrogens with one attached hydrogen (secondary N) is 1. The van der Waals surface area contributed by atoms with Crippen LogP contribution in [0.1, 0.15) is 32.6 Å². The summed E-state index contributed by atoms with van der Waals surface area (Å²) in [6.07, 6.45) is 5.41. The van der Waals surface area contributed by atoms with Gasteiger partial charge in [0.1, 0.15) is 11.5 Å². The molecule has 0 aliphatic heterocycles. The van der Waals surface area contributed by atoms with Crippen LogP contribution < -0.4 is 20.5 Å². The topological polar surface area (TPSA) is 86.5 Å². The van der Waals surface area contributed by atoms with Gasteiger partial charge in [0.05, 0.1) is 24.9 Å². The number of methoxy groups -OCH3 is 1. The van der Waals surface area contributed by atoms with Gasteiger partial charge in [0.25, 0.3) is 0 Å². The number of hydrogen-bond donors (Lipinski definition) is 2. The lowest BCUT2D eigenvalue weighted by Gasteiger charge is -2.37. The molecule has 2 aromatic rings. The number of benzene rings is 1. The minimum atomic E-state index is -0.451. The van der Waals surface area contributed by atoms with Crippen LogP contribution in [0, 0.1) is 5.92 Å². The van der Waals surface area contributed by atoms with Gasteiger partial charge in [0.2, 0.25) is 11.8 Å². The van der Waals surface area contributed by atoms with Crippen molar-refractivity contribution in [1.82, 2.24) is 4.98 Å². The van der Waals surface area contributed by atoms with Crippen molar-refractivity contribution in [2.24, 2.45) is 11.7 Å². The normalized spacial score (nSPS) is 20.9. The standard InChI is InChI=1S/C20H25N3O3.2ClH/c1-20(21)12-4-3-5-17(20)19(24)23-14-6-11-18(22-13-14)26-16-9-7-15(25-2)8-10-16;;/h6-11,13,17H,3-5,12,21H2,1-2H3,(H,23,24);2*1H. The number of aromatic nitrogens is 1. The first-order valence-corrected chi connectivity index (χ1v) is 8.86. The molecule has 3 rings (SSSR count). The van der Waals surface area contributed by atoms with E-state index < -0.39 is 5.54 Å². The van der Waals surface area contributed by atoms with E-state index in [2.05, 4.69) is 10.3 Å². The van der Waals surface area contributed by atoms with E-state index in [1.54, 1.807) is 37.6 Å². The molecule has 28 heavy (non-hydrogen) atoms. The van der Waals surface area contributed by atoms with Crippen molar-refractivity contribution in [3.63, 3.8) is 0 Å². The van der Waals surface area contributed by atoms with Crippen LogP contribution >= 0.6 is 24.8 Å². The van der Waals surface area contributed by atoms with Crippen molar-refractivity contribution in [3.05, 3.63) is 42.6 Å². The van der Waals surface area contributed by atoms with Gasteiger partial charge in [-0.2, -0.15) is 0 Å². The molecule has 8 heteroatoms. The van der Waals surface area contributed by atoms with E-state index >= 15 is 0 Å². The lowest BCUT2D eigenvalue weighted by atomic mass is 9.74. The Morgan fingerprint density at radius 1 is 1.14 bits per heavy atom. The lowest BCUT2D eigenvalue weighted by Crippen LogP contribution is -2.51. The van der Waals surface area contributed by atoms with Crippen LogP contribution in [0.2, 0.25) is 0 Å². The van der Waals surface area contributed by atoms with E-state index in [4.69, 9.17) is 15.2 Å². The van der Waals surface area contributed by atoms with Crippen molar-refractivity contribution in [2.75, 3.05) is 12.4 Å². The van der Waals surface area contributed by atoms with Crippen molar-refractivity contribution in [3.8, 4) is 17.4 Å². The zero-order valence-corrected chi connectivity index (χ0v) is 17.6. The maximum Gasteiger partial charge on any atom is 0.229 e. The van der Waals surface area contributed by atoms with Crippen LogP contribution in [0.15, 0.2) is 42.6 Å². The van der Waals surface area contributed by atoms with E-state index in [1.807, 2.05) is 19.1 Å². The van der Waals surface area contributed by atoms with Crippen LogP contribution in [0.4, 0.5) is 5.69 Å². The summed E-state index contributed by atoms with van der Waals surface area (Å²) in [4.78, 5) is 16.8. The first-order chi connectivity index (χ1) is 12.5. The highest BCUT2D eigenvalue weighted by Crippen LogP contribution is 2.32. The molecule has 6 nitrogen and oxygen atoms in total. The van der Waals surface area contributed by atoms with Gasteiger partial charge in [0.15, 0.2) is 0 Å². The average Bonchev–Trinajstić information content (AvgIpc) is 2.63. The number of amides is 1. The summed E-state index contributed by atoms with van der Waals surface area (Å²) >= 11 is 0. The molecular formula is C20H27Cl2N3O3. The number of nitrogens with two attached hydrogens (primary N) is 1. The fourth-order valence-electron chi connectivity index (χ4n) is 3.30. The van der Waals surface area contributed by atoms with Crippen molar-refractivity contribution in [1.29, 1.82) is 0 Å². The molecule has 1 aliphatic carbocycles. The molecule has 1 heterocycles. The number of rotatable bonds is 5. The summed E-state index contributed by atoms with van der Waals surface area (Å²) < 4.78 is 10.8. The fourth-order valence-corrected chi connectivity index (χ4v) is 3.30. The average molecular weight is 428 g/mol. The quantitative estimate of drug-likeness (QED) is 0.729. The molecule has 1 fully saturated rings. The second-order valence-electron chi connectivity index (χ2n) is 6.96. The fraction of sp³-hybridized carbons (Fsp3) is 0.400. The predicted octanol–water partition coefficient (Wildman–Crippen LogP) is 4.57. The minimum absolute atomic E-state index is 0. The van der Waals surface area contributed by atoms with E-state index in [1.165, 1.54) is 0 Å². The number of nitrogens with zero attached hydrogens (tertiary/aromatic N) is 1. The van der Waals surface area contributed by atoms with Crippen LogP contribution in [-0.4, -0.2) is 23.5 Å². The Bertz CT molecular complexity index is 752. The highest BCUT2D eigenvalue weighted by atomic mass is 35.5. The molecule has 0 radical (unpaired) electrons. The zero-order chi connectivity index (χ0) is 18.6. The van der Waals surface area contributed by atoms with E-state index in [-0.39, 0.29) is 36.6 Å². The highest BCUT2D eigenvalue weighted by Gasteiger charge is 2.37. The minimum Gasteiger partial charge on any atom is -0.497 e. The number of hydrogen-bond acceptors (Lipinski definition) is 5. The third kappa shape index (κ3) is 5.99. The number of pyridine rings is 1. The summed E-state index contributed by atoms with van der Waals surface area (Å²) in [5, 5.41) is 2.92. The van der Waals surface area contributed by atoms with Crippen LogP contribution in [0.5, 0.6) is 17.4 Å². The smallest absolute Gasteiger partial charge is 0.229 e. The van der Waals surface area contributed by atoms with Gasteiger partial charge in [-0.3, -0.25) is 4.79 Å². The number of carbonyl (C=O) groups is 1. The molecular weight excluding hydrogens is 401 g/mol. The third-order valence-electron chi connectivity index (χ3n) is 4.86. The maximum absolute atomic E-state index is 12.6. The first-order valence-electron chi connectivity index (χ1n) is 8.86. The van der Waals surface area contributed by atoms with Crippen LogP contribution in [0.3, 0.4) is 0 Å². The molecule has 1 saturated carbocycles. The summed E-state index contributed by atoms with van der Waals surface area (Å²) in [5.74, 6) is 1.66. The maximum atomic E-state index is 12.6. The molecule has 3 N–H and O–H groups in total. The van der Waals surface area contributed by atoms with Gasteiger partial charge in [-0.15, -0.1) is 24.8 Å². The van der Waals surface area contributed by atoms with Gasteiger partial charge >= 0.3 is 0 Å². The van der Waals surface area contributed by atoms with E-state index in [0.29, 0.717) is 17.3 Å². The summed E-state index contributed by atoms with van der Waals surface area (Å²) in [6, 6.07) is 10.8. The summed E-state index contributed by atoms with van der Waals surface area (Å²) in [7, 11) is 1.62. The van der Waals surface area contributed by atoms with Gasteiger partial charge in [-0.25, -0.2) is 4.98 Å². The number of halogens is 2. The molecule has 0 saturated heterocycles. The van der Waals surface area contributed by atoms with E-state index in [0.717, 1.165) is 31.4 Å². The Labute approximate surface area is 178 Å². The Balaban J connectivity index is 0.00000196. The van der Waals surface area contributed by atoms with E-state index in [9.17, 15) is 4.79 Å². The highest BCUT2D eigenvalue weighted by molar-refractivity contribution is 5.93. The molecule has 154 valence electrons. The van der Waals surface area contributed by atoms with Crippen LogP contribution in [0.25, 0.3) is 0 Å². The summed E-state index contributed by atoms with van der Waals surface area (Å²) in [6.45, 7) is 1.96. The molecule has 2 unspecified atom stereocenters. The van der Waals surface area contributed by atoms with Crippen molar-refractivity contribution < 1.29 is 14.3 Å². The molecule has 1 aliphatic rings. The molecule has 1 amide bonds. The Morgan fingerprint density at radius 3 is 2.39 bits per heavy atom. The number of ether oxygens (including phenoxy) is 2. The second kappa shape index (κ2) is 10.5. The summed E-state index contributed by atoms with van der Waals surface area (Å²) in [5.41, 5.74) is 6.49. The molecule has 1 aromatic carbocycles. The Morgan fingerprint density at radius 2 is 1.82 bits per heavy atom. The Hall–Kier alpha value is -2.02. The van der Waals surface area contributed by atoms with Gasteiger partial charge < -0.3 is 20.5 Å². The molecule has 0 spiro atoms. The number of anilines is 1. The van der Waals surface area contributed by atoms with Gasteiger partial charge in [-0.05, 0) is 50.1 Å². The SMILES string of the molecule is COc1ccc(Oc2ccc(NC(=O)C3CCCCC3(C)N)cn2)cc1.Cl.Cl.